The molecule has 1 aromatic carbocycles. The SMILES string of the molecule is COc1c(C(=O)O)cnn1-c1ccccc1Br. The fraction of sp³-hybridized carbons (Fsp3) is 0.0909. The van der Waals surface area contributed by atoms with Crippen LogP contribution in [0, 0.1) is 0 Å². The molecule has 0 aliphatic rings. The number of halogens is 1. The number of ether oxygens (including phenoxy) is 1. The van der Waals surface area contributed by atoms with E-state index in [0.717, 1.165) is 10.2 Å². The van der Waals surface area contributed by atoms with Crippen LogP contribution in [0.2, 0.25) is 0 Å². The minimum atomic E-state index is -1.07. The Morgan fingerprint density at radius 1 is 1.47 bits per heavy atom. The number of aromatic carboxylic acids is 1. The predicted molar refractivity (Wildman–Crippen MR) is 64.8 cm³/mol. The topological polar surface area (TPSA) is 64.3 Å². The summed E-state index contributed by atoms with van der Waals surface area (Å²) in [7, 11) is 1.41. The van der Waals surface area contributed by atoms with Crippen LogP contribution in [0.15, 0.2) is 34.9 Å². The number of aromatic nitrogens is 2. The molecular weight excluding hydrogens is 288 g/mol. The summed E-state index contributed by atoms with van der Waals surface area (Å²) in [5.74, 6) is -0.871. The zero-order valence-corrected chi connectivity index (χ0v) is 10.5. The zero-order valence-electron chi connectivity index (χ0n) is 8.92. The third-order valence-corrected chi connectivity index (χ3v) is 2.90. The van der Waals surface area contributed by atoms with Crippen molar-refractivity contribution in [3.63, 3.8) is 0 Å². The number of nitrogens with zero attached hydrogens (tertiary/aromatic N) is 2. The van der Waals surface area contributed by atoms with Crippen LogP contribution < -0.4 is 4.74 Å². The number of carbonyl (C=O) groups is 1. The third-order valence-electron chi connectivity index (χ3n) is 2.23. The van der Waals surface area contributed by atoms with Gasteiger partial charge in [-0.3, -0.25) is 0 Å². The van der Waals surface area contributed by atoms with Gasteiger partial charge >= 0.3 is 5.97 Å². The first-order valence-corrected chi connectivity index (χ1v) is 5.54. The molecule has 0 radical (unpaired) electrons. The molecule has 0 unspecified atom stereocenters. The summed E-state index contributed by atoms with van der Waals surface area (Å²) in [4.78, 5) is 11.0. The molecule has 0 fully saturated rings. The van der Waals surface area contributed by atoms with Crippen molar-refractivity contribution in [1.29, 1.82) is 0 Å². The number of hydrogen-bond donors (Lipinski definition) is 1. The second-order valence-electron chi connectivity index (χ2n) is 3.24. The number of carboxylic acids is 1. The Balaban J connectivity index is 2.61. The van der Waals surface area contributed by atoms with Gasteiger partial charge in [0.05, 0.1) is 19.0 Å². The highest BCUT2D eigenvalue weighted by molar-refractivity contribution is 9.10. The van der Waals surface area contributed by atoms with E-state index in [1.807, 2.05) is 24.3 Å². The van der Waals surface area contributed by atoms with Gasteiger partial charge in [-0.1, -0.05) is 12.1 Å². The van der Waals surface area contributed by atoms with Gasteiger partial charge in [0.15, 0.2) is 0 Å². The Bertz CT molecular complexity index is 566. The molecule has 0 atom stereocenters. The second kappa shape index (κ2) is 4.58. The number of benzene rings is 1. The first kappa shape index (κ1) is 11.7. The average Bonchev–Trinajstić information content (AvgIpc) is 2.73. The maximum Gasteiger partial charge on any atom is 0.342 e. The molecule has 0 aliphatic heterocycles. The van der Waals surface area contributed by atoms with Crippen molar-refractivity contribution in [2.45, 2.75) is 0 Å². The predicted octanol–water partition coefficient (Wildman–Crippen LogP) is 2.34. The molecule has 5 nitrogen and oxygen atoms in total. The molecule has 2 rings (SSSR count). The number of methoxy groups -OCH3 is 1. The van der Waals surface area contributed by atoms with E-state index in [1.54, 1.807) is 0 Å². The van der Waals surface area contributed by atoms with Gasteiger partial charge in [-0.15, -0.1) is 0 Å². The first-order chi connectivity index (χ1) is 8.15. The highest BCUT2D eigenvalue weighted by Gasteiger charge is 2.19. The lowest BCUT2D eigenvalue weighted by atomic mass is 10.3. The van der Waals surface area contributed by atoms with Crippen LogP contribution in [0.5, 0.6) is 5.88 Å². The fourth-order valence-corrected chi connectivity index (χ4v) is 1.93. The van der Waals surface area contributed by atoms with E-state index in [2.05, 4.69) is 21.0 Å². The summed E-state index contributed by atoms with van der Waals surface area (Å²) in [6.07, 6.45) is 1.26. The molecule has 2 aromatic rings. The Labute approximate surface area is 106 Å². The van der Waals surface area contributed by atoms with E-state index >= 15 is 0 Å². The molecule has 0 saturated carbocycles. The molecule has 6 heteroatoms. The fourth-order valence-electron chi connectivity index (χ4n) is 1.48. The molecule has 0 amide bonds. The molecule has 88 valence electrons. The summed E-state index contributed by atoms with van der Waals surface area (Å²) in [5, 5.41) is 13.0. The van der Waals surface area contributed by atoms with Crippen LogP contribution in [-0.4, -0.2) is 28.0 Å². The summed E-state index contributed by atoms with van der Waals surface area (Å²) in [6, 6.07) is 7.35. The van der Waals surface area contributed by atoms with Gasteiger partial charge in [-0.25, -0.2) is 4.79 Å². The van der Waals surface area contributed by atoms with Crippen molar-refractivity contribution >= 4 is 21.9 Å². The van der Waals surface area contributed by atoms with Crippen molar-refractivity contribution in [1.82, 2.24) is 9.78 Å². The normalized spacial score (nSPS) is 10.2. The standard InChI is InChI=1S/C11H9BrN2O3/c1-17-10-7(11(15)16)6-13-14(10)9-5-3-2-4-8(9)12/h2-6H,1H3,(H,15,16). The molecule has 0 bridgehead atoms. The minimum absolute atomic E-state index is 0.0308. The summed E-state index contributed by atoms with van der Waals surface area (Å²) in [5.41, 5.74) is 0.750. The maximum absolute atomic E-state index is 11.0. The molecule has 1 heterocycles. The van der Waals surface area contributed by atoms with Crippen LogP contribution in [0.3, 0.4) is 0 Å². The average molecular weight is 297 g/mol. The van der Waals surface area contributed by atoms with Gasteiger partial charge in [-0.05, 0) is 28.1 Å². The lowest BCUT2D eigenvalue weighted by Gasteiger charge is -2.08. The summed E-state index contributed by atoms with van der Waals surface area (Å²) in [6.45, 7) is 0. The van der Waals surface area contributed by atoms with Gasteiger partial charge in [0.2, 0.25) is 5.88 Å². The molecule has 0 spiro atoms. The van der Waals surface area contributed by atoms with Gasteiger partial charge in [0.25, 0.3) is 0 Å². The van der Waals surface area contributed by atoms with Gasteiger partial charge in [0, 0.05) is 4.47 Å². The molecular formula is C11H9BrN2O3. The minimum Gasteiger partial charge on any atom is -0.480 e. The Morgan fingerprint density at radius 3 is 2.76 bits per heavy atom. The monoisotopic (exact) mass is 296 g/mol. The molecule has 1 N–H and O–H groups in total. The molecule has 0 saturated heterocycles. The van der Waals surface area contributed by atoms with Gasteiger partial charge < -0.3 is 9.84 Å². The van der Waals surface area contributed by atoms with E-state index in [0.29, 0.717) is 0 Å². The van der Waals surface area contributed by atoms with Crippen LogP contribution in [0.25, 0.3) is 5.69 Å². The molecule has 17 heavy (non-hydrogen) atoms. The lowest BCUT2D eigenvalue weighted by Crippen LogP contribution is -2.03. The van der Waals surface area contributed by atoms with Crippen LogP contribution >= 0.6 is 15.9 Å². The Hall–Kier alpha value is -1.82. The quantitative estimate of drug-likeness (QED) is 0.944. The molecule has 0 aliphatic carbocycles. The number of para-hydroxylation sites is 1. The van der Waals surface area contributed by atoms with Gasteiger partial charge in [-0.2, -0.15) is 9.78 Å². The van der Waals surface area contributed by atoms with Crippen molar-refractivity contribution < 1.29 is 14.6 Å². The molecule has 1 aromatic heterocycles. The summed E-state index contributed by atoms with van der Waals surface area (Å²) >= 11 is 3.38. The Morgan fingerprint density at radius 2 is 2.18 bits per heavy atom. The van der Waals surface area contributed by atoms with Gasteiger partial charge in [0.1, 0.15) is 5.56 Å². The third kappa shape index (κ3) is 2.03. The van der Waals surface area contributed by atoms with E-state index in [1.165, 1.54) is 18.0 Å². The lowest BCUT2D eigenvalue weighted by molar-refractivity contribution is 0.0693. The maximum atomic E-state index is 11.0. The van der Waals surface area contributed by atoms with Crippen LogP contribution in [-0.2, 0) is 0 Å². The van der Waals surface area contributed by atoms with Crippen molar-refractivity contribution in [2.24, 2.45) is 0 Å². The van der Waals surface area contributed by atoms with Crippen molar-refractivity contribution in [3.05, 3.63) is 40.5 Å². The number of hydrogen-bond acceptors (Lipinski definition) is 3. The second-order valence-corrected chi connectivity index (χ2v) is 4.09. The number of carboxylic acid groups (broad SMARTS) is 1. The highest BCUT2D eigenvalue weighted by Crippen LogP contribution is 2.27. The van der Waals surface area contributed by atoms with Crippen LogP contribution in [0.4, 0.5) is 0 Å². The first-order valence-electron chi connectivity index (χ1n) is 4.75. The smallest absolute Gasteiger partial charge is 0.342 e. The van der Waals surface area contributed by atoms with E-state index in [4.69, 9.17) is 9.84 Å². The van der Waals surface area contributed by atoms with Crippen molar-refractivity contribution in [3.8, 4) is 11.6 Å². The summed E-state index contributed by atoms with van der Waals surface area (Å²) < 4.78 is 7.33. The zero-order chi connectivity index (χ0) is 12.4. The number of rotatable bonds is 3. The Kier molecular flexibility index (Phi) is 3.14. The van der Waals surface area contributed by atoms with E-state index < -0.39 is 5.97 Å². The van der Waals surface area contributed by atoms with Crippen molar-refractivity contribution in [2.75, 3.05) is 7.11 Å². The van der Waals surface area contributed by atoms with E-state index in [9.17, 15) is 4.79 Å². The highest BCUT2D eigenvalue weighted by atomic mass is 79.9. The van der Waals surface area contributed by atoms with Crippen LogP contribution in [0.1, 0.15) is 10.4 Å². The largest absolute Gasteiger partial charge is 0.480 e. The van der Waals surface area contributed by atoms with E-state index in [-0.39, 0.29) is 11.4 Å².